The van der Waals surface area contributed by atoms with Crippen LogP contribution in [0.4, 0.5) is 4.39 Å². The largest absolute Gasteiger partial charge is 0.457 e. The van der Waals surface area contributed by atoms with Crippen LogP contribution >= 0.6 is 11.8 Å². The summed E-state index contributed by atoms with van der Waals surface area (Å²) in [6, 6.07) is 21.2. The van der Waals surface area contributed by atoms with Gasteiger partial charge >= 0.3 is 5.97 Å². The zero-order chi connectivity index (χ0) is 28.2. The maximum atomic E-state index is 13.6. The van der Waals surface area contributed by atoms with Gasteiger partial charge in [0.2, 0.25) is 5.91 Å². The van der Waals surface area contributed by atoms with Crippen molar-refractivity contribution < 1.29 is 18.7 Å². The van der Waals surface area contributed by atoms with Gasteiger partial charge in [-0.2, -0.15) is 0 Å². The zero-order valence-electron chi connectivity index (χ0n) is 22.6. The SMILES string of the molecule is CC1=C(C(=O)OCc2ccccc2)C(c2ccc(C)cc2C)N2C(CC(=O)NCc3ccc(F)cc3)=CSC2=N1. The van der Waals surface area contributed by atoms with Crippen LogP contribution in [0.5, 0.6) is 0 Å². The number of fused-ring (bicyclic) bond motifs is 1. The van der Waals surface area contributed by atoms with Crippen LogP contribution in [0.3, 0.4) is 0 Å². The number of nitrogens with zero attached hydrogens (tertiary/aromatic N) is 2. The molecule has 1 atom stereocenters. The average molecular weight is 556 g/mol. The highest BCUT2D eigenvalue weighted by Gasteiger charge is 2.41. The number of esters is 1. The van der Waals surface area contributed by atoms with E-state index in [9.17, 15) is 14.0 Å². The molecule has 1 N–H and O–H groups in total. The van der Waals surface area contributed by atoms with E-state index in [1.54, 1.807) is 12.1 Å². The molecule has 2 aliphatic heterocycles. The van der Waals surface area contributed by atoms with Gasteiger partial charge < -0.3 is 15.0 Å². The van der Waals surface area contributed by atoms with Crippen molar-refractivity contribution in [2.45, 2.75) is 46.4 Å². The lowest BCUT2D eigenvalue weighted by molar-refractivity contribution is -0.141. The fraction of sp³-hybridized carbons (Fsp3) is 0.219. The number of allylic oxidation sites excluding steroid dienone is 1. The van der Waals surface area contributed by atoms with Crippen molar-refractivity contribution in [2.24, 2.45) is 4.99 Å². The minimum Gasteiger partial charge on any atom is -0.457 e. The molecular weight excluding hydrogens is 525 g/mol. The topological polar surface area (TPSA) is 71.0 Å². The van der Waals surface area contributed by atoms with Gasteiger partial charge in [0.1, 0.15) is 12.4 Å². The number of amides is 1. The van der Waals surface area contributed by atoms with Gasteiger partial charge in [0.15, 0.2) is 5.17 Å². The second kappa shape index (κ2) is 11.9. The summed E-state index contributed by atoms with van der Waals surface area (Å²) in [5.74, 6) is -0.943. The van der Waals surface area contributed by atoms with E-state index in [1.807, 2.05) is 73.5 Å². The molecule has 0 saturated carbocycles. The van der Waals surface area contributed by atoms with Gasteiger partial charge in [-0.25, -0.2) is 14.2 Å². The van der Waals surface area contributed by atoms with E-state index in [0.29, 0.717) is 16.4 Å². The highest BCUT2D eigenvalue weighted by atomic mass is 32.2. The number of hydrogen-bond acceptors (Lipinski definition) is 6. The average Bonchev–Trinajstić information content (AvgIpc) is 3.33. The molecule has 40 heavy (non-hydrogen) atoms. The molecule has 0 bridgehead atoms. The highest BCUT2D eigenvalue weighted by molar-refractivity contribution is 8.16. The van der Waals surface area contributed by atoms with Gasteiger partial charge in [-0.05, 0) is 60.6 Å². The molecular formula is C32H30FN3O3S. The van der Waals surface area contributed by atoms with Crippen LogP contribution in [0, 0.1) is 19.7 Å². The van der Waals surface area contributed by atoms with Crippen LogP contribution in [-0.2, 0) is 27.5 Å². The number of amidine groups is 1. The first-order valence-corrected chi connectivity index (χ1v) is 13.9. The maximum Gasteiger partial charge on any atom is 0.338 e. The first-order chi connectivity index (χ1) is 19.3. The summed E-state index contributed by atoms with van der Waals surface area (Å²) in [5.41, 5.74) is 6.59. The Bertz CT molecular complexity index is 1530. The molecule has 0 aromatic heterocycles. The number of rotatable bonds is 8. The van der Waals surface area contributed by atoms with Gasteiger partial charge in [0.25, 0.3) is 0 Å². The van der Waals surface area contributed by atoms with Crippen LogP contribution < -0.4 is 5.32 Å². The maximum absolute atomic E-state index is 13.6. The number of thioether (sulfide) groups is 1. The number of hydrogen-bond donors (Lipinski definition) is 1. The minimum absolute atomic E-state index is 0.0972. The Balaban J connectivity index is 1.41. The second-order valence-corrected chi connectivity index (χ2v) is 10.7. The van der Waals surface area contributed by atoms with Crippen LogP contribution in [0.2, 0.25) is 0 Å². The quantitative estimate of drug-likeness (QED) is 0.323. The van der Waals surface area contributed by atoms with Crippen molar-refractivity contribution in [3.8, 4) is 0 Å². The molecule has 2 aliphatic rings. The number of carbonyl (C=O) groups excluding carboxylic acids is 2. The van der Waals surface area contributed by atoms with Gasteiger partial charge in [-0.3, -0.25) is 4.79 Å². The summed E-state index contributed by atoms with van der Waals surface area (Å²) in [6.45, 7) is 6.32. The van der Waals surface area contributed by atoms with Crippen molar-refractivity contribution in [1.29, 1.82) is 0 Å². The molecule has 8 heteroatoms. The van der Waals surface area contributed by atoms with Gasteiger partial charge in [0, 0.05) is 12.2 Å². The van der Waals surface area contributed by atoms with E-state index < -0.39 is 12.0 Å². The fourth-order valence-corrected chi connectivity index (χ4v) is 5.85. The lowest BCUT2D eigenvalue weighted by atomic mass is 9.90. The molecule has 204 valence electrons. The Kier molecular flexibility index (Phi) is 8.16. The van der Waals surface area contributed by atoms with Crippen molar-refractivity contribution in [3.63, 3.8) is 0 Å². The Morgan fingerprint density at radius 1 is 1.00 bits per heavy atom. The van der Waals surface area contributed by atoms with Crippen LogP contribution in [0.1, 0.15) is 47.2 Å². The molecule has 0 radical (unpaired) electrons. The lowest BCUT2D eigenvalue weighted by Crippen LogP contribution is -2.38. The monoisotopic (exact) mass is 555 g/mol. The third-order valence-corrected chi connectivity index (χ3v) is 7.79. The predicted octanol–water partition coefficient (Wildman–Crippen LogP) is 6.47. The minimum atomic E-state index is -0.498. The molecule has 0 spiro atoms. The first-order valence-electron chi connectivity index (χ1n) is 13.0. The number of benzene rings is 3. The Morgan fingerprint density at radius 2 is 1.75 bits per heavy atom. The van der Waals surface area contributed by atoms with E-state index in [-0.39, 0.29) is 31.3 Å². The normalized spacial score (nSPS) is 16.3. The summed E-state index contributed by atoms with van der Waals surface area (Å²) < 4.78 is 19.0. The van der Waals surface area contributed by atoms with E-state index in [2.05, 4.69) is 11.4 Å². The van der Waals surface area contributed by atoms with E-state index in [4.69, 9.17) is 9.73 Å². The second-order valence-electron chi connectivity index (χ2n) is 9.89. The molecule has 3 aromatic carbocycles. The molecule has 0 saturated heterocycles. The van der Waals surface area contributed by atoms with Crippen molar-refractivity contribution in [1.82, 2.24) is 10.2 Å². The van der Waals surface area contributed by atoms with Gasteiger partial charge in [0.05, 0.1) is 23.7 Å². The summed E-state index contributed by atoms with van der Waals surface area (Å²) >= 11 is 1.43. The third kappa shape index (κ3) is 6.02. The fourth-order valence-electron chi connectivity index (χ4n) is 4.89. The molecule has 5 rings (SSSR count). The van der Waals surface area contributed by atoms with Crippen molar-refractivity contribution >= 4 is 28.8 Å². The number of nitrogens with one attached hydrogen (secondary N) is 1. The van der Waals surface area contributed by atoms with Crippen LogP contribution in [-0.4, -0.2) is 21.9 Å². The standard InChI is InChI=1S/C32H30FN3O3S/c1-20-9-14-27(21(2)15-20)30-29(31(38)39-18-24-7-5-4-6-8-24)22(3)35-32-36(30)26(19-40-32)16-28(37)34-17-23-10-12-25(33)13-11-23/h4-15,19,30H,16-18H2,1-3H3,(H,34,37). The number of carbonyl (C=O) groups is 2. The van der Waals surface area contributed by atoms with Crippen molar-refractivity contribution in [3.05, 3.63) is 129 Å². The lowest BCUT2D eigenvalue weighted by Gasteiger charge is -2.37. The summed E-state index contributed by atoms with van der Waals surface area (Å²) in [5, 5.41) is 5.54. The molecule has 0 aliphatic carbocycles. The zero-order valence-corrected chi connectivity index (χ0v) is 23.4. The van der Waals surface area contributed by atoms with E-state index >= 15 is 0 Å². The molecule has 1 unspecified atom stereocenters. The Hall–Kier alpha value is -4.17. The first kappa shape index (κ1) is 27.4. The molecule has 3 aromatic rings. The van der Waals surface area contributed by atoms with Gasteiger partial charge in [-0.15, -0.1) is 0 Å². The highest BCUT2D eigenvalue weighted by Crippen LogP contribution is 2.45. The molecule has 1 amide bonds. The summed E-state index contributed by atoms with van der Waals surface area (Å²) in [6.07, 6.45) is 0.0972. The number of aryl methyl sites for hydroxylation is 2. The summed E-state index contributed by atoms with van der Waals surface area (Å²) in [7, 11) is 0. The summed E-state index contributed by atoms with van der Waals surface area (Å²) in [4.78, 5) is 33.4. The number of aliphatic imine (C=N–C) groups is 1. The van der Waals surface area contributed by atoms with Crippen LogP contribution in [0.15, 0.2) is 100 Å². The Labute approximate surface area is 237 Å². The molecule has 6 nitrogen and oxygen atoms in total. The van der Waals surface area contributed by atoms with E-state index in [1.165, 1.54) is 23.9 Å². The third-order valence-electron chi connectivity index (χ3n) is 6.90. The Morgan fingerprint density at radius 3 is 2.48 bits per heavy atom. The van der Waals surface area contributed by atoms with Gasteiger partial charge in [-0.1, -0.05) is 78.0 Å². The van der Waals surface area contributed by atoms with Crippen LogP contribution in [0.25, 0.3) is 0 Å². The molecule has 0 fully saturated rings. The van der Waals surface area contributed by atoms with Crippen molar-refractivity contribution in [2.75, 3.05) is 0 Å². The van der Waals surface area contributed by atoms with E-state index in [0.717, 1.165) is 33.5 Å². The smallest absolute Gasteiger partial charge is 0.338 e. The predicted molar refractivity (Wildman–Crippen MR) is 155 cm³/mol. The molecule has 2 heterocycles. The number of ether oxygens (including phenoxy) is 1. The number of halogens is 1.